The number of hydrogen-bond acceptors (Lipinski definition) is 2. The number of H-pyrrole nitrogens is 1. The average Bonchev–Trinajstić information content (AvgIpc) is 2.54. The Labute approximate surface area is 68.2 Å². The van der Waals surface area contributed by atoms with Gasteiger partial charge in [-0.1, -0.05) is 0 Å². The van der Waals surface area contributed by atoms with E-state index in [0.29, 0.717) is 16.8 Å². The number of hydrogen-bond donors (Lipinski definition) is 1. The summed E-state index contributed by atoms with van der Waals surface area (Å²) in [6.07, 6.45) is 2.80. The second-order valence-corrected chi connectivity index (χ2v) is 2.38. The van der Waals surface area contributed by atoms with Crippen molar-refractivity contribution in [2.24, 2.45) is 0 Å². The van der Waals surface area contributed by atoms with Gasteiger partial charge in [0.25, 0.3) is 0 Å². The van der Waals surface area contributed by atoms with E-state index < -0.39 is 0 Å². The summed E-state index contributed by atoms with van der Waals surface area (Å²) in [5.41, 5.74) is 0.595. The third kappa shape index (κ3) is 0.845. The SMILES string of the molecule is COc1ncc(F)c2cc[nH]c12. The number of nitrogens with one attached hydrogen (secondary N) is 1. The van der Waals surface area contributed by atoms with E-state index in [1.54, 1.807) is 12.3 Å². The molecule has 2 aromatic heterocycles. The van der Waals surface area contributed by atoms with Gasteiger partial charge < -0.3 is 9.72 Å². The number of fused-ring (bicyclic) bond motifs is 1. The Bertz CT molecular complexity index is 410. The maximum absolute atomic E-state index is 13.0. The number of halogens is 1. The molecule has 0 aliphatic rings. The van der Waals surface area contributed by atoms with Crippen molar-refractivity contribution in [1.29, 1.82) is 0 Å². The van der Waals surface area contributed by atoms with Crippen LogP contribution in [0.5, 0.6) is 5.88 Å². The van der Waals surface area contributed by atoms with Crippen LogP contribution in [0.3, 0.4) is 0 Å². The van der Waals surface area contributed by atoms with Crippen LogP contribution in [0, 0.1) is 5.82 Å². The summed E-state index contributed by atoms with van der Waals surface area (Å²) in [4.78, 5) is 6.62. The van der Waals surface area contributed by atoms with Crippen LogP contribution in [-0.2, 0) is 0 Å². The van der Waals surface area contributed by atoms with E-state index in [2.05, 4.69) is 9.97 Å². The molecule has 0 aliphatic heterocycles. The Morgan fingerprint density at radius 2 is 2.42 bits per heavy atom. The Kier molecular flexibility index (Phi) is 1.46. The molecule has 0 radical (unpaired) electrons. The zero-order chi connectivity index (χ0) is 8.55. The fourth-order valence-corrected chi connectivity index (χ4v) is 1.15. The fraction of sp³-hybridized carbons (Fsp3) is 0.125. The monoisotopic (exact) mass is 166 g/mol. The van der Waals surface area contributed by atoms with Crippen molar-refractivity contribution in [2.75, 3.05) is 7.11 Å². The van der Waals surface area contributed by atoms with E-state index >= 15 is 0 Å². The minimum absolute atomic E-state index is 0.341. The zero-order valence-electron chi connectivity index (χ0n) is 6.47. The number of methoxy groups -OCH3 is 1. The second-order valence-electron chi connectivity index (χ2n) is 2.38. The van der Waals surface area contributed by atoms with E-state index in [1.165, 1.54) is 7.11 Å². The van der Waals surface area contributed by atoms with Gasteiger partial charge >= 0.3 is 0 Å². The van der Waals surface area contributed by atoms with Gasteiger partial charge in [0.05, 0.1) is 13.3 Å². The Hall–Kier alpha value is -1.58. The summed E-state index contributed by atoms with van der Waals surface area (Å²) in [6.45, 7) is 0. The number of rotatable bonds is 1. The molecule has 0 saturated carbocycles. The topological polar surface area (TPSA) is 37.9 Å². The van der Waals surface area contributed by atoms with Crippen molar-refractivity contribution in [2.45, 2.75) is 0 Å². The molecule has 2 rings (SSSR count). The number of nitrogens with zero attached hydrogens (tertiary/aromatic N) is 1. The van der Waals surface area contributed by atoms with Crippen LogP contribution in [0.1, 0.15) is 0 Å². The van der Waals surface area contributed by atoms with Crippen molar-refractivity contribution in [1.82, 2.24) is 9.97 Å². The van der Waals surface area contributed by atoms with Crippen LogP contribution >= 0.6 is 0 Å². The summed E-state index contributed by atoms with van der Waals surface area (Å²) in [5.74, 6) is 0.0726. The van der Waals surface area contributed by atoms with Crippen molar-refractivity contribution in [3.63, 3.8) is 0 Å². The molecule has 0 fully saturated rings. The lowest BCUT2D eigenvalue weighted by atomic mass is 10.3. The fourth-order valence-electron chi connectivity index (χ4n) is 1.15. The van der Waals surface area contributed by atoms with Crippen molar-refractivity contribution in [3.05, 3.63) is 24.3 Å². The van der Waals surface area contributed by atoms with E-state index in [1.807, 2.05) is 0 Å². The van der Waals surface area contributed by atoms with Gasteiger partial charge in [-0.05, 0) is 6.07 Å². The highest BCUT2D eigenvalue weighted by atomic mass is 19.1. The minimum Gasteiger partial charge on any atom is -0.479 e. The molecule has 0 aromatic carbocycles. The maximum Gasteiger partial charge on any atom is 0.238 e. The summed E-state index contributed by atoms with van der Waals surface area (Å²) in [6, 6.07) is 1.65. The van der Waals surface area contributed by atoms with Crippen molar-refractivity contribution in [3.8, 4) is 5.88 Å². The van der Waals surface area contributed by atoms with Crippen LogP contribution in [0.25, 0.3) is 10.9 Å². The Morgan fingerprint density at radius 3 is 3.17 bits per heavy atom. The molecule has 3 nitrogen and oxygen atoms in total. The molecular formula is C8H7FN2O. The lowest BCUT2D eigenvalue weighted by Crippen LogP contribution is -1.89. The van der Waals surface area contributed by atoms with Gasteiger partial charge in [-0.2, -0.15) is 0 Å². The highest BCUT2D eigenvalue weighted by molar-refractivity contribution is 5.83. The van der Waals surface area contributed by atoms with E-state index in [4.69, 9.17) is 4.74 Å². The first-order chi connectivity index (χ1) is 5.83. The Morgan fingerprint density at radius 1 is 1.58 bits per heavy atom. The molecule has 0 amide bonds. The van der Waals surface area contributed by atoms with Crippen LogP contribution in [-0.4, -0.2) is 17.1 Å². The molecule has 0 aliphatic carbocycles. The molecule has 1 N–H and O–H groups in total. The first-order valence-corrected chi connectivity index (χ1v) is 3.48. The summed E-state index contributed by atoms with van der Waals surface area (Å²) in [7, 11) is 1.50. The molecule has 0 bridgehead atoms. The van der Waals surface area contributed by atoms with Gasteiger partial charge in [0.15, 0.2) is 5.82 Å². The molecule has 12 heavy (non-hydrogen) atoms. The molecule has 2 heterocycles. The lowest BCUT2D eigenvalue weighted by molar-refractivity contribution is 0.401. The predicted molar refractivity (Wildman–Crippen MR) is 42.6 cm³/mol. The molecule has 4 heteroatoms. The number of aromatic amines is 1. The van der Waals surface area contributed by atoms with Gasteiger partial charge in [0.1, 0.15) is 5.52 Å². The molecule has 0 saturated heterocycles. The molecule has 0 unspecified atom stereocenters. The van der Waals surface area contributed by atoms with Crippen LogP contribution in [0.2, 0.25) is 0 Å². The standard InChI is InChI=1S/C8H7FN2O/c1-12-8-7-5(2-3-10-7)6(9)4-11-8/h2-4,10H,1H3. The largest absolute Gasteiger partial charge is 0.479 e. The van der Waals surface area contributed by atoms with Crippen molar-refractivity contribution >= 4 is 10.9 Å². The third-order valence-corrected chi connectivity index (χ3v) is 1.71. The number of pyridine rings is 1. The number of aromatic nitrogens is 2. The van der Waals surface area contributed by atoms with Crippen LogP contribution in [0.4, 0.5) is 4.39 Å². The zero-order valence-corrected chi connectivity index (χ0v) is 6.47. The highest BCUT2D eigenvalue weighted by Crippen LogP contribution is 2.22. The molecule has 62 valence electrons. The predicted octanol–water partition coefficient (Wildman–Crippen LogP) is 1.71. The summed E-state index contributed by atoms with van der Waals surface area (Å²) in [5, 5.41) is 0.502. The van der Waals surface area contributed by atoms with Gasteiger partial charge in [-0.3, -0.25) is 0 Å². The maximum atomic E-state index is 13.0. The highest BCUT2D eigenvalue weighted by Gasteiger charge is 2.07. The molecule has 2 aromatic rings. The van der Waals surface area contributed by atoms with E-state index in [9.17, 15) is 4.39 Å². The first kappa shape index (κ1) is 7.09. The van der Waals surface area contributed by atoms with Crippen molar-refractivity contribution < 1.29 is 9.13 Å². The third-order valence-electron chi connectivity index (χ3n) is 1.71. The van der Waals surface area contributed by atoms with E-state index in [-0.39, 0.29) is 5.82 Å². The number of ether oxygens (including phenoxy) is 1. The molecule has 0 atom stereocenters. The van der Waals surface area contributed by atoms with Gasteiger partial charge in [-0.25, -0.2) is 9.37 Å². The second kappa shape index (κ2) is 2.48. The molecule has 0 spiro atoms. The van der Waals surface area contributed by atoms with E-state index in [0.717, 1.165) is 6.20 Å². The molecular weight excluding hydrogens is 159 g/mol. The smallest absolute Gasteiger partial charge is 0.238 e. The normalized spacial score (nSPS) is 10.5. The quantitative estimate of drug-likeness (QED) is 0.700. The van der Waals surface area contributed by atoms with Crippen LogP contribution in [0.15, 0.2) is 18.5 Å². The van der Waals surface area contributed by atoms with Gasteiger partial charge in [0, 0.05) is 11.6 Å². The van der Waals surface area contributed by atoms with Crippen LogP contribution < -0.4 is 4.74 Å². The van der Waals surface area contributed by atoms with Gasteiger partial charge in [-0.15, -0.1) is 0 Å². The first-order valence-electron chi connectivity index (χ1n) is 3.48. The average molecular weight is 166 g/mol. The summed E-state index contributed by atoms with van der Waals surface area (Å²) >= 11 is 0. The Balaban J connectivity index is 2.82. The van der Waals surface area contributed by atoms with Gasteiger partial charge in [0.2, 0.25) is 5.88 Å². The summed E-state index contributed by atoms with van der Waals surface area (Å²) < 4.78 is 17.9. The lowest BCUT2D eigenvalue weighted by Gasteiger charge is -1.99. The minimum atomic E-state index is -0.341.